The Bertz CT molecular complexity index is 697. The topological polar surface area (TPSA) is 70.0 Å². The van der Waals surface area contributed by atoms with Crippen molar-refractivity contribution in [2.45, 2.75) is 62.9 Å². The van der Waals surface area contributed by atoms with Crippen molar-refractivity contribution in [2.75, 3.05) is 13.6 Å². The third-order valence-electron chi connectivity index (χ3n) is 7.49. The van der Waals surface area contributed by atoms with Crippen LogP contribution in [0.1, 0.15) is 39.0 Å². The van der Waals surface area contributed by atoms with Gasteiger partial charge in [0.2, 0.25) is 0 Å². The van der Waals surface area contributed by atoms with Crippen molar-refractivity contribution in [3.05, 3.63) is 23.0 Å². The predicted octanol–water partition coefficient (Wildman–Crippen LogP) is 1.15. The van der Waals surface area contributed by atoms with Gasteiger partial charge in [0.1, 0.15) is 11.9 Å². The summed E-state index contributed by atoms with van der Waals surface area (Å²) in [6.45, 7) is 2.40. The minimum atomic E-state index is -1.55. The van der Waals surface area contributed by atoms with Crippen LogP contribution in [-0.2, 0) is 9.53 Å². The molecule has 2 saturated carbocycles. The van der Waals surface area contributed by atoms with Gasteiger partial charge in [-0.05, 0) is 57.7 Å². The fraction of sp³-hybridized carbons (Fsp3) is 0.737. The van der Waals surface area contributed by atoms with Crippen molar-refractivity contribution >= 4 is 5.78 Å². The highest BCUT2D eigenvalue weighted by Crippen LogP contribution is 2.67. The molecule has 1 unspecified atom stereocenters. The van der Waals surface area contributed by atoms with Crippen molar-refractivity contribution in [2.24, 2.45) is 11.3 Å². The summed E-state index contributed by atoms with van der Waals surface area (Å²) in [4.78, 5) is 14.7. The Labute approximate surface area is 142 Å². The number of Topliss-reactive ketones (excluding diaryl/α,β-unsaturated/α-hetero) is 1. The van der Waals surface area contributed by atoms with Crippen LogP contribution >= 0.6 is 0 Å². The predicted molar refractivity (Wildman–Crippen MR) is 87.0 cm³/mol. The van der Waals surface area contributed by atoms with E-state index in [2.05, 4.69) is 18.0 Å². The number of carbonyl (C=O) groups is 1. The molecule has 3 aliphatic carbocycles. The van der Waals surface area contributed by atoms with Gasteiger partial charge in [-0.25, -0.2) is 0 Å². The lowest BCUT2D eigenvalue weighted by atomic mass is 9.49. The zero-order chi connectivity index (χ0) is 16.9. The monoisotopic (exact) mass is 331 g/mol. The SMILES string of the molecule is CC(=O)C1(O)CC=C2C[C@@H]3[C@@H]4CC[C@H](O)[C@@H]5OC1=C2[C@]45CCN3C. The van der Waals surface area contributed by atoms with E-state index in [1.165, 1.54) is 12.5 Å². The van der Waals surface area contributed by atoms with Crippen LogP contribution in [0.2, 0.25) is 0 Å². The highest BCUT2D eigenvalue weighted by molar-refractivity contribution is 5.89. The maximum absolute atomic E-state index is 12.2. The number of ether oxygens (including phenoxy) is 1. The summed E-state index contributed by atoms with van der Waals surface area (Å²) in [5.74, 6) is 0.631. The lowest BCUT2D eigenvalue weighted by molar-refractivity contribution is -0.151. The fourth-order valence-electron chi connectivity index (χ4n) is 6.27. The Kier molecular flexibility index (Phi) is 2.84. The Morgan fingerprint density at radius 1 is 1.42 bits per heavy atom. The first-order valence-corrected chi connectivity index (χ1v) is 9.12. The van der Waals surface area contributed by atoms with Crippen LogP contribution in [0.4, 0.5) is 0 Å². The van der Waals surface area contributed by atoms with Gasteiger partial charge in [-0.2, -0.15) is 0 Å². The van der Waals surface area contributed by atoms with Crippen LogP contribution in [-0.4, -0.2) is 58.3 Å². The quantitative estimate of drug-likeness (QED) is 0.754. The normalized spacial score (nSPS) is 49.4. The molecule has 5 heteroatoms. The van der Waals surface area contributed by atoms with Crippen LogP contribution < -0.4 is 0 Å². The number of aliphatic hydroxyl groups is 2. The lowest BCUT2D eigenvalue weighted by Gasteiger charge is -2.59. The summed E-state index contributed by atoms with van der Waals surface area (Å²) >= 11 is 0. The minimum Gasteiger partial charge on any atom is -0.487 e. The average molecular weight is 331 g/mol. The Morgan fingerprint density at radius 3 is 2.96 bits per heavy atom. The van der Waals surface area contributed by atoms with Gasteiger partial charge >= 0.3 is 0 Å². The van der Waals surface area contributed by atoms with Gasteiger partial charge in [-0.3, -0.25) is 4.79 Å². The van der Waals surface area contributed by atoms with E-state index < -0.39 is 11.7 Å². The van der Waals surface area contributed by atoms with Crippen molar-refractivity contribution in [1.29, 1.82) is 0 Å². The molecular weight excluding hydrogens is 306 g/mol. The van der Waals surface area contributed by atoms with E-state index in [0.29, 0.717) is 17.7 Å². The zero-order valence-electron chi connectivity index (χ0n) is 14.3. The number of carbonyl (C=O) groups excluding carboxylic acids is 1. The number of piperidine rings is 1. The van der Waals surface area contributed by atoms with E-state index in [9.17, 15) is 15.0 Å². The molecule has 2 bridgehead atoms. The van der Waals surface area contributed by atoms with Gasteiger partial charge < -0.3 is 19.8 Å². The molecule has 2 heterocycles. The average Bonchev–Trinajstić information content (AvgIpc) is 2.90. The maximum Gasteiger partial charge on any atom is 0.183 e. The molecule has 0 radical (unpaired) electrons. The van der Waals surface area contributed by atoms with E-state index in [0.717, 1.165) is 37.8 Å². The molecule has 0 aromatic carbocycles. The molecular formula is C19H25NO4. The lowest BCUT2D eigenvalue weighted by Crippen LogP contribution is -2.64. The second-order valence-corrected chi connectivity index (χ2v) is 8.39. The standard InChI is InChI=1S/C19H25NO4/c1-10(21)19(23)6-5-11-9-13-12-3-4-14(22)16-18(12,7-8-20(13)2)15(11)17(19)24-16/h5,12-14,16,22-23H,3-4,6-9H2,1-2H3/t12-,13+,14-,16-,18-,19?/m0/s1. The molecule has 2 aliphatic heterocycles. The van der Waals surface area contributed by atoms with Gasteiger partial charge in [-0.15, -0.1) is 0 Å². The number of ketones is 1. The summed E-state index contributed by atoms with van der Waals surface area (Å²) in [5, 5.41) is 21.7. The summed E-state index contributed by atoms with van der Waals surface area (Å²) in [6, 6.07) is 0.468. The first-order chi connectivity index (χ1) is 11.4. The molecule has 1 saturated heterocycles. The molecule has 1 spiro atoms. The van der Waals surface area contributed by atoms with Gasteiger partial charge in [0.15, 0.2) is 11.4 Å². The molecule has 3 fully saturated rings. The van der Waals surface area contributed by atoms with Gasteiger partial charge in [0.05, 0.1) is 6.10 Å². The molecule has 24 heavy (non-hydrogen) atoms. The summed E-state index contributed by atoms with van der Waals surface area (Å²) in [7, 11) is 2.19. The van der Waals surface area contributed by atoms with E-state index in [4.69, 9.17) is 4.74 Å². The van der Waals surface area contributed by atoms with E-state index >= 15 is 0 Å². The number of hydrogen-bond donors (Lipinski definition) is 2. The third kappa shape index (κ3) is 1.50. The summed E-state index contributed by atoms with van der Waals surface area (Å²) < 4.78 is 6.25. The first-order valence-electron chi connectivity index (χ1n) is 9.12. The largest absolute Gasteiger partial charge is 0.487 e. The fourth-order valence-corrected chi connectivity index (χ4v) is 6.27. The number of hydrogen-bond acceptors (Lipinski definition) is 5. The Hall–Kier alpha value is -1.17. The first kappa shape index (κ1) is 15.1. The van der Waals surface area contributed by atoms with Crippen molar-refractivity contribution in [3.63, 3.8) is 0 Å². The van der Waals surface area contributed by atoms with Crippen molar-refractivity contribution in [3.8, 4) is 0 Å². The van der Waals surface area contributed by atoms with Crippen molar-refractivity contribution < 1.29 is 19.7 Å². The van der Waals surface area contributed by atoms with Crippen LogP contribution in [0, 0.1) is 11.3 Å². The molecule has 5 rings (SSSR count). The molecule has 5 nitrogen and oxygen atoms in total. The van der Waals surface area contributed by atoms with E-state index in [-0.39, 0.29) is 23.7 Å². The second kappa shape index (κ2) is 4.51. The Balaban J connectivity index is 1.75. The van der Waals surface area contributed by atoms with Gasteiger partial charge in [0, 0.05) is 23.5 Å². The van der Waals surface area contributed by atoms with Crippen LogP contribution in [0.5, 0.6) is 0 Å². The smallest absolute Gasteiger partial charge is 0.183 e. The van der Waals surface area contributed by atoms with Gasteiger partial charge in [0.25, 0.3) is 0 Å². The maximum atomic E-state index is 12.2. The third-order valence-corrected chi connectivity index (χ3v) is 7.49. The highest BCUT2D eigenvalue weighted by Gasteiger charge is 2.68. The van der Waals surface area contributed by atoms with Crippen LogP contribution in [0.3, 0.4) is 0 Å². The number of rotatable bonds is 1. The highest BCUT2D eigenvalue weighted by atomic mass is 16.5. The van der Waals surface area contributed by atoms with Crippen LogP contribution in [0.15, 0.2) is 23.0 Å². The van der Waals surface area contributed by atoms with E-state index in [1.54, 1.807) is 0 Å². The minimum absolute atomic E-state index is 0.224. The number of likely N-dealkylation sites (tertiary alicyclic amines) is 1. The summed E-state index contributed by atoms with van der Waals surface area (Å²) in [6.07, 6.45) is 5.11. The second-order valence-electron chi connectivity index (χ2n) is 8.39. The molecule has 2 N–H and O–H groups in total. The molecule has 0 amide bonds. The Morgan fingerprint density at radius 2 is 2.21 bits per heavy atom. The molecule has 6 atom stereocenters. The van der Waals surface area contributed by atoms with Crippen molar-refractivity contribution in [1.82, 2.24) is 4.90 Å². The number of nitrogens with zero attached hydrogens (tertiary/aromatic N) is 1. The van der Waals surface area contributed by atoms with Gasteiger partial charge in [-0.1, -0.05) is 6.08 Å². The zero-order valence-corrected chi connectivity index (χ0v) is 14.3. The number of aliphatic hydroxyl groups excluding tert-OH is 1. The molecule has 0 aromatic rings. The molecule has 0 aromatic heterocycles. The molecule has 5 aliphatic rings. The van der Waals surface area contributed by atoms with E-state index in [1.807, 2.05) is 0 Å². The van der Waals surface area contributed by atoms with Crippen LogP contribution in [0.25, 0.3) is 0 Å². The molecule has 130 valence electrons. The summed E-state index contributed by atoms with van der Waals surface area (Å²) in [5.41, 5.74) is 0.536.